The maximum atomic E-state index is 10.9. The fourth-order valence-corrected chi connectivity index (χ4v) is 1.32. The number of rotatable bonds is 0. The molecule has 11 heavy (non-hydrogen) atoms. The smallest absolute Gasteiger partial charge is 0.265 e. The van der Waals surface area contributed by atoms with E-state index in [0.717, 1.165) is 11.0 Å². The van der Waals surface area contributed by atoms with Gasteiger partial charge in [-0.1, -0.05) is 12.1 Å². The van der Waals surface area contributed by atoms with Crippen LogP contribution in [0.15, 0.2) is 29.1 Å². The summed E-state index contributed by atoms with van der Waals surface area (Å²) in [5.41, 5.74) is 2.46. The lowest BCUT2D eigenvalue weighted by Crippen LogP contribution is -1.85. The van der Waals surface area contributed by atoms with E-state index in [9.17, 15) is 4.79 Å². The number of hydrogen-bond acceptors (Lipinski definition) is 2. The molecule has 0 fully saturated rings. The summed E-state index contributed by atoms with van der Waals surface area (Å²) in [7, 11) is 0. The molecule has 0 spiro atoms. The second kappa shape index (κ2) is 1.34. The van der Waals surface area contributed by atoms with E-state index in [4.69, 9.17) is 0 Å². The molecule has 0 amide bonds. The Kier molecular flexibility index (Phi) is 0.619. The van der Waals surface area contributed by atoms with Gasteiger partial charge in [-0.2, -0.15) is 0 Å². The van der Waals surface area contributed by atoms with Gasteiger partial charge in [0.15, 0.2) is 0 Å². The lowest BCUT2D eigenvalue weighted by Gasteiger charge is -1.83. The van der Waals surface area contributed by atoms with Gasteiger partial charge >= 0.3 is 5.56 Å². The van der Waals surface area contributed by atoms with E-state index in [0.29, 0.717) is 5.65 Å². The average Bonchev–Trinajstić information content (AvgIpc) is 2.55. The summed E-state index contributed by atoms with van der Waals surface area (Å²) in [5, 5.41) is 0. The normalized spacial score (nSPS) is 12.0. The average molecular weight is 144 g/mol. The van der Waals surface area contributed by atoms with Crippen molar-refractivity contribution >= 4 is 16.7 Å². The highest BCUT2D eigenvalue weighted by Crippen LogP contribution is 2.15. The summed E-state index contributed by atoms with van der Waals surface area (Å²) in [6, 6.07) is 7.63. The second-order valence-corrected chi connectivity index (χ2v) is 2.56. The first-order chi connectivity index (χ1) is 5.38. The molecular formula is C8H4N2O. The standard InChI is InChI=1S/C8H4N2O/c11-8-7-9-5-3-1-2-4-6(5)10(7)8/h1-4H. The molecule has 0 unspecified atom stereocenters. The SMILES string of the molecule is O=c1c2nc3ccccc3n12. The quantitative estimate of drug-likeness (QED) is 0.466. The molecule has 0 N–H and O–H groups in total. The highest BCUT2D eigenvalue weighted by molar-refractivity contribution is 5.83. The Bertz CT molecular complexity index is 554. The number of nitrogens with zero attached hydrogens (tertiary/aromatic N) is 2. The molecule has 3 rings (SSSR count). The van der Waals surface area contributed by atoms with Gasteiger partial charge in [0, 0.05) is 0 Å². The predicted octanol–water partition coefficient (Wildman–Crippen LogP) is 0.723. The summed E-state index contributed by atoms with van der Waals surface area (Å²) in [6.07, 6.45) is 0. The molecule has 0 saturated heterocycles. The van der Waals surface area contributed by atoms with Crippen LogP contribution in [0.5, 0.6) is 0 Å². The van der Waals surface area contributed by atoms with Crippen LogP contribution in [-0.2, 0) is 0 Å². The number of benzene rings is 1. The van der Waals surface area contributed by atoms with Crippen LogP contribution in [0.3, 0.4) is 0 Å². The van der Waals surface area contributed by atoms with Crippen LogP contribution in [0, 0.1) is 0 Å². The highest BCUT2D eigenvalue weighted by Gasteiger charge is 2.17. The topological polar surface area (TPSA) is 34.4 Å². The Morgan fingerprint density at radius 1 is 1.27 bits per heavy atom. The van der Waals surface area contributed by atoms with Crippen LogP contribution in [0.25, 0.3) is 16.7 Å². The van der Waals surface area contributed by atoms with Crippen LogP contribution >= 0.6 is 0 Å². The second-order valence-electron chi connectivity index (χ2n) is 2.56. The number of fused-ring (bicyclic) bond motifs is 3. The third-order valence-corrected chi connectivity index (χ3v) is 1.91. The Morgan fingerprint density at radius 3 is 3.00 bits per heavy atom. The molecule has 0 bridgehead atoms. The van der Waals surface area contributed by atoms with E-state index in [1.54, 1.807) is 4.40 Å². The van der Waals surface area contributed by atoms with Crippen molar-refractivity contribution in [1.82, 2.24) is 9.38 Å². The van der Waals surface area contributed by atoms with Crippen molar-refractivity contribution in [1.29, 1.82) is 0 Å². The van der Waals surface area contributed by atoms with Crippen LogP contribution in [0.2, 0.25) is 0 Å². The highest BCUT2D eigenvalue weighted by atomic mass is 16.1. The molecule has 52 valence electrons. The maximum absolute atomic E-state index is 10.9. The number of imidazole rings is 1. The van der Waals surface area contributed by atoms with Crippen molar-refractivity contribution in [2.24, 2.45) is 0 Å². The molecule has 0 aliphatic carbocycles. The molecule has 0 saturated carbocycles. The number of aromatic nitrogens is 2. The van der Waals surface area contributed by atoms with Crippen LogP contribution in [0.1, 0.15) is 0 Å². The van der Waals surface area contributed by atoms with Gasteiger partial charge in [-0.3, -0.25) is 9.20 Å². The third kappa shape index (κ3) is 0.452. The molecular weight excluding hydrogens is 140 g/mol. The monoisotopic (exact) mass is 144 g/mol. The summed E-state index contributed by atoms with van der Waals surface area (Å²) >= 11 is 0. The minimum atomic E-state index is 0.0451. The van der Waals surface area contributed by atoms with E-state index in [1.807, 2.05) is 24.3 Å². The molecule has 2 heterocycles. The first-order valence-corrected chi connectivity index (χ1v) is 3.40. The van der Waals surface area contributed by atoms with Gasteiger partial charge < -0.3 is 0 Å². The molecule has 2 aromatic heterocycles. The Labute approximate surface area is 61.6 Å². The summed E-state index contributed by atoms with van der Waals surface area (Å²) in [4.78, 5) is 15.0. The number of para-hydroxylation sites is 2. The lowest BCUT2D eigenvalue weighted by atomic mass is 10.3. The molecule has 3 heteroatoms. The largest absolute Gasteiger partial charge is 0.300 e. The van der Waals surface area contributed by atoms with Gasteiger partial charge in [0.2, 0.25) is 5.65 Å². The molecule has 3 nitrogen and oxygen atoms in total. The summed E-state index contributed by atoms with van der Waals surface area (Å²) < 4.78 is 1.62. The van der Waals surface area contributed by atoms with Crippen molar-refractivity contribution in [3.63, 3.8) is 0 Å². The Balaban J connectivity index is 2.70. The molecule has 0 radical (unpaired) electrons. The van der Waals surface area contributed by atoms with Gasteiger partial charge in [-0.25, -0.2) is 4.98 Å². The van der Waals surface area contributed by atoms with E-state index < -0.39 is 0 Å². The van der Waals surface area contributed by atoms with E-state index in [-0.39, 0.29) is 5.56 Å². The van der Waals surface area contributed by atoms with E-state index in [1.165, 1.54) is 0 Å². The van der Waals surface area contributed by atoms with E-state index in [2.05, 4.69) is 4.98 Å². The van der Waals surface area contributed by atoms with Crippen molar-refractivity contribution in [3.05, 3.63) is 34.6 Å². The zero-order valence-electron chi connectivity index (χ0n) is 5.61. The first-order valence-electron chi connectivity index (χ1n) is 3.40. The van der Waals surface area contributed by atoms with Crippen LogP contribution in [-0.4, -0.2) is 9.38 Å². The van der Waals surface area contributed by atoms with Gasteiger partial charge in [-0.05, 0) is 12.1 Å². The molecule has 0 aliphatic heterocycles. The minimum absolute atomic E-state index is 0.0451. The van der Waals surface area contributed by atoms with Crippen molar-refractivity contribution in [2.75, 3.05) is 0 Å². The van der Waals surface area contributed by atoms with Gasteiger partial charge in [0.05, 0.1) is 11.0 Å². The van der Waals surface area contributed by atoms with Crippen molar-refractivity contribution in [2.45, 2.75) is 0 Å². The Morgan fingerprint density at radius 2 is 2.09 bits per heavy atom. The molecule has 0 aliphatic rings. The fourth-order valence-electron chi connectivity index (χ4n) is 1.32. The number of hydrogen-bond donors (Lipinski definition) is 0. The zero-order chi connectivity index (χ0) is 7.42. The van der Waals surface area contributed by atoms with Crippen molar-refractivity contribution < 1.29 is 0 Å². The lowest BCUT2D eigenvalue weighted by molar-refractivity contribution is 1.39. The summed E-state index contributed by atoms with van der Waals surface area (Å²) in [6.45, 7) is 0. The van der Waals surface area contributed by atoms with Crippen LogP contribution in [0.4, 0.5) is 0 Å². The zero-order valence-corrected chi connectivity index (χ0v) is 5.61. The predicted molar refractivity (Wildman–Crippen MR) is 41.3 cm³/mol. The van der Waals surface area contributed by atoms with Crippen molar-refractivity contribution in [3.8, 4) is 0 Å². The molecule has 3 aromatic rings. The van der Waals surface area contributed by atoms with Gasteiger partial charge in [0.1, 0.15) is 0 Å². The summed E-state index contributed by atoms with van der Waals surface area (Å²) in [5.74, 6) is 0. The maximum Gasteiger partial charge on any atom is 0.300 e. The molecule has 0 atom stereocenters. The van der Waals surface area contributed by atoms with Crippen LogP contribution < -0.4 is 5.56 Å². The first kappa shape index (κ1) is 5.07. The van der Waals surface area contributed by atoms with Gasteiger partial charge in [0.25, 0.3) is 0 Å². The Hall–Kier alpha value is -1.64. The van der Waals surface area contributed by atoms with E-state index >= 15 is 0 Å². The third-order valence-electron chi connectivity index (χ3n) is 1.91. The van der Waals surface area contributed by atoms with Gasteiger partial charge in [-0.15, -0.1) is 0 Å². The minimum Gasteiger partial charge on any atom is -0.265 e. The molecule has 1 aromatic carbocycles. The fraction of sp³-hybridized carbons (Fsp3) is 0.